The first-order chi connectivity index (χ1) is 15.6. The standard InChI is InChI=1S/C26H36N2O5/c1-7-11-28(15-17(3)4)16-20-14-22(9-10-23(20)29)33-24-18(5)12-21(13-19(24)6)27-25(30)26(31)32-8-2/h9-10,12-14,17,29H,7-8,11,15-16H2,1-6H3,(H,27,30). The summed E-state index contributed by atoms with van der Waals surface area (Å²) in [6.45, 7) is 14.6. The maximum atomic E-state index is 11.9. The summed E-state index contributed by atoms with van der Waals surface area (Å²) in [6, 6.07) is 8.75. The minimum Gasteiger partial charge on any atom is -0.508 e. The van der Waals surface area contributed by atoms with Crippen molar-refractivity contribution in [1.82, 2.24) is 4.90 Å². The van der Waals surface area contributed by atoms with E-state index in [9.17, 15) is 14.7 Å². The van der Waals surface area contributed by atoms with E-state index in [1.54, 1.807) is 31.2 Å². The maximum Gasteiger partial charge on any atom is 0.397 e. The molecule has 0 aromatic heterocycles. The van der Waals surface area contributed by atoms with Gasteiger partial charge < -0.3 is 19.9 Å². The molecule has 33 heavy (non-hydrogen) atoms. The van der Waals surface area contributed by atoms with Crippen LogP contribution in [-0.2, 0) is 20.9 Å². The van der Waals surface area contributed by atoms with Crippen molar-refractivity contribution in [1.29, 1.82) is 0 Å². The number of phenols is 1. The van der Waals surface area contributed by atoms with Crippen LogP contribution in [0.25, 0.3) is 0 Å². The molecule has 0 unspecified atom stereocenters. The van der Waals surface area contributed by atoms with Crippen LogP contribution in [-0.4, -0.2) is 41.6 Å². The Morgan fingerprint density at radius 2 is 1.76 bits per heavy atom. The Hall–Kier alpha value is -3.06. The largest absolute Gasteiger partial charge is 0.508 e. The van der Waals surface area contributed by atoms with Crippen LogP contribution in [0.1, 0.15) is 50.8 Å². The summed E-state index contributed by atoms with van der Waals surface area (Å²) in [5.41, 5.74) is 2.91. The zero-order valence-corrected chi connectivity index (χ0v) is 20.5. The third-order valence-electron chi connectivity index (χ3n) is 5.01. The minimum atomic E-state index is -0.917. The van der Waals surface area contributed by atoms with Crippen LogP contribution in [0.4, 0.5) is 5.69 Å². The van der Waals surface area contributed by atoms with Crippen molar-refractivity contribution in [2.75, 3.05) is 25.0 Å². The second kappa shape index (κ2) is 12.3. The normalized spacial score (nSPS) is 11.0. The van der Waals surface area contributed by atoms with E-state index in [-0.39, 0.29) is 12.4 Å². The van der Waals surface area contributed by atoms with Gasteiger partial charge in [0.05, 0.1) is 6.61 Å². The van der Waals surface area contributed by atoms with Gasteiger partial charge in [0, 0.05) is 24.3 Å². The smallest absolute Gasteiger partial charge is 0.397 e. The van der Waals surface area contributed by atoms with E-state index < -0.39 is 11.9 Å². The molecule has 0 aliphatic heterocycles. The lowest BCUT2D eigenvalue weighted by molar-refractivity contribution is -0.152. The Balaban J connectivity index is 2.20. The van der Waals surface area contributed by atoms with Crippen molar-refractivity contribution in [3.05, 3.63) is 47.0 Å². The molecule has 2 aromatic rings. The number of ether oxygens (including phenoxy) is 2. The molecule has 0 bridgehead atoms. The first-order valence-corrected chi connectivity index (χ1v) is 11.5. The molecular formula is C26H36N2O5. The molecule has 0 saturated heterocycles. The van der Waals surface area contributed by atoms with Gasteiger partial charge in [-0.1, -0.05) is 20.8 Å². The van der Waals surface area contributed by atoms with Gasteiger partial charge in [0.25, 0.3) is 0 Å². The van der Waals surface area contributed by atoms with E-state index in [1.165, 1.54) is 0 Å². The Bertz CT molecular complexity index is 948. The number of hydrogen-bond acceptors (Lipinski definition) is 6. The van der Waals surface area contributed by atoms with Gasteiger partial charge in [0.15, 0.2) is 0 Å². The average molecular weight is 457 g/mol. The van der Waals surface area contributed by atoms with E-state index in [4.69, 9.17) is 9.47 Å². The Morgan fingerprint density at radius 3 is 2.33 bits per heavy atom. The van der Waals surface area contributed by atoms with Crippen molar-refractivity contribution in [3.63, 3.8) is 0 Å². The fourth-order valence-corrected chi connectivity index (χ4v) is 3.74. The van der Waals surface area contributed by atoms with Gasteiger partial charge in [0.2, 0.25) is 0 Å². The second-order valence-electron chi connectivity index (χ2n) is 8.64. The van der Waals surface area contributed by atoms with Crippen LogP contribution in [0.15, 0.2) is 30.3 Å². The topological polar surface area (TPSA) is 88.1 Å². The number of carbonyl (C=O) groups is 2. The number of nitrogens with one attached hydrogen (secondary N) is 1. The van der Waals surface area contributed by atoms with Crippen molar-refractivity contribution >= 4 is 17.6 Å². The van der Waals surface area contributed by atoms with Crippen molar-refractivity contribution in [3.8, 4) is 17.2 Å². The monoisotopic (exact) mass is 456 g/mol. The second-order valence-corrected chi connectivity index (χ2v) is 8.64. The first-order valence-electron chi connectivity index (χ1n) is 11.5. The number of aryl methyl sites for hydroxylation is 2. The summed E-state index contributed by atoms with van der Waals surface area (Å²) in [7, 11) is 0. The fourth-order valence-electron chi connectivity index (χ4n) is 3.74. The summed E-state index contributed by atoms with van der Waals surface area (Å²) in [5.74, 6) is 0.334. The Morgan fingerprint density at radius 1 is 1.09 bits per heavy atom. The lowest BCUT2D eigenvalue weighted by Crippen LogP contribution is -2.28. The quantitative estimate of drug-likeness (QED) is 0.379. The van der Waals surface area contributed by atoms with Crippen LogP contribution < -0.4 is 10.1 Å². The molecule has 7 nitrogen and oxygen atoms in total. The lowest BCUT2D eigenvalue weighted by atomic mass is 10.1. The molecular weight excluding hydrogens is 420 g/mol. The SMILES string of the molecule is CCCN(Cc1cc(Oc2c(C)cc(NC(=O)C(=O)OCC)cc2C)ccc1O)CC(C)C. The summed E-state index contributed by atoms with van der Waals surface area (Å²) in [5, 5.41) is 13.0. The fraction of sp³-hybridized carbons (Fsp3) is 0.462. The van der Waals surface area contributed by atoms with E-state index in [2.05, 4.69) is 31.0 Å². The van der Waals surface area contributed by atoms with Gasteiger partial charge in [-0.3, -0.25) is 9.69 Å². The van der Waals surface area contributed by atoms with Crippen LogP contribution in [0.5, 0.6) is 17.2 Å². The van der Waals surface area contributed by atoms with Crippen LogP contribution >= 0.6 is 0 Å². The first kappa shape index (κ1) is 26.2. The third-order valence-corrected chi connectivity index (χ3v) is 5.01. The van der Waals surface area contributed by atoms with Gasteiger partial charge in [-0.15, -0.1) is 0 Å². The molecule has 2 aromatic carbocycles. The molecule has 180 valence electrons. The summed E-state index contributed by atoms with van der Waals surface area (Å²) >= 11 is 0. The number of hydrogen-bond donors (Lipinski definition) is 2. The Labute approximate surface area is 196 Å². The number of amides is 1. The molecule has 0 aliphatic rings. The maximum absolute atomic E-state index is 11.9. The van der Waals surface area contributed by atoms with Gasteiger partial charge in [-0.05, 0) is 81.1 Å². The summed E-state index contributed by atoms with van der Waals surface area (Å²) in [4.78, 5) is 25.8. The van der Waals surface area contributed by atoms with E-state index in [0.29, 0.717) is 29.6 Å². The molecule has 0 fully saturated rings. The van der Waals surface area contributed by atoms with Crippen molar-refractivity contribution in [2.24, 2.45) is 5.92 Å². The molecule has 2 N–H and O–H groups in total. The van der Waals surface area contributed by atoms with Crippen LogP contribution in [0.3, 0.4) is 0 Å². The van der Waals surface area contributed by atoms with Crippen LogP contribution in [0, 0.1) is 19.8 Å². The molecule has 0 heterocycles. The zero-order chi connectivity index (χ0) is 24.5. The third kappa shape index (κ3) is 7.79. The average Bonchev–Trinajstić information content (AvgIpc) is 2.72. The number of esters is 1. The van der Waals surface area contributed by atoms with Gasteiger partial charge in [0.1, 0.15) is 17.2 Å². The zero-order valence-electron chi connectivity index (χ0n) is 20.5. The summed E-state index contributed by atoms with van der Waals surface area (Å²) in [6.07, 6.45) is 1.04. The molecule has 7 heteroatoms. The van der Waals surface area contributed by atoms with Crippen LogP contribution in [0.2, 0.25) is 0 Å². The molecule has 0 atom stereocenters. The number of aromatic hydroxyl groups is 1. The van der Waals surface area contributed by atoms with Gasteiger partial charge >= 0.3 is 11.9 Å². The summed E-state index contributed by atoms with van der Waals surface area (Å²) < 4.78 is 10.9. The highest BCUT2D eigenvalue weighted by molar-refractivity contribution is 6.37. The molecule has 2 rings (SSSR count). The van der Waals surface area contributed by atoms with Crippen molar-refractivity contribution in [2.45, 2.75) is 54.5 Å². The number of anilines is 1. The number of rotatable bonds is 10. The lowest BCUT2D eigenvalue weighted by Gasteiger charge is -2.24. The number of carbonyl (C=O) groups excluding carboxylic acids is 2. The van der Waals surface area contributed by atoms with E-state index in [1.807, 2.05) is 19.9 Å². The number of nitrogens with zero attached hydrogens (tertiary/aromatic N) is 1. The highest BCUT2D eigenvalue weighted by Gasteiger charge is 2.17. The van der Waals surface area contributed by atoms with Gasteiger partial charge in [-0.25, -0.2) is 4.79 Å². The predicted octanol–water partition coefficient (Wildman–Crippen LogP) is 5.17. The van der Waals surface area contributed by atoms with E-state index in [0.717, 1.165) is 36.2 Å². The highest BCUT2D eigenvalue weighted by atomic mass is 16.5. The number of benzene rings is 2. The highest BCUT2D eigenvalue weighted by Crippen LogP contribution is 2.33. The van der Waals surface area contributed by atoms with E-state index >= 15 is 0 Å². The molecule has 0 saturated carbocycles. The van der Waals surface area contributed by atoms with Gasteiger partial charge in [-0.2, -0.15) is 0 Å². The Kier molecular flexibility index (Phi) is 9.73. The minimum absolute atomic E-state index is 0.138. The molecule has 0 radical (unpaired) electrons. The molecule has 0 aliphatic carbocycles. The number of phenolic OH excluding ortho intramolecular Hbond substituents is 1. The molecule has 1 amide bonds. The van der Waals surface area contributed by atoms with Crippen molar-refractivity contribution < 1.29 is 24.2 Å². The predicted molar refractivity (Wildman–Crippen MR) is 130 cm³/mol. The molecule has 0 spiro atoms.